The Labute approximate surface area is 221 Å². The first-order valence-electron chi connectivity index (χ1n) is 12.7. The molecule has 0 saturated carbocycles. The first-order valence-corrected chi connectivity index (χ1v) is 12.7. The number of likely N-dealkylation sites (N-methyl/N-ethyl adjacent to an activating group) is 2. The van der Waals surface area contributed by atoms with E-state index in [1.165, 1.54) is 17.2 Å². The van der Waals surface area contributed by atoms with E-state index in [1.54, 1.807) is 51.4 Å². The monoisotopic (exact) mass is 513 g/mol. The SMILES string of the molecule is CC.CC.CCCNc1nc(C)ncc1C(=O)Nc1cccc(NC(=O)CN(C)C(=O)/C=C/CNC)c1. The molecule has 1 aromatic carbocycles. The molecule has 0 spiro atoms. The summed E-state index contributed by atoms with van der Waals surface area (Å²) in [5, 5.41) is 11.6. The van der Waals surface area contributed by atoms with Crippen molar-refractivity contribution in [1.29, 1.82) is 0 Å². The second-order valence-corrected chi connectivity index (χ2v) is 7.34. The molecular formula is C27H43N7O3. The highest BCUT2D eigenvalue weighted by molar-refractivity contribution is 6.07. The van der Waals surface area contributed by atoms with Gasteiger partial charge < -0.3 is 26.2 Å². The number of rotatable bonds is 11. The molecular weight excluding hydrogens is 470 g/mol. The summed E-state index contributed by atoms with van der Waals surface area (Å²) in [7, 11) is 3.33. The maximum absolute atomic E-state index is 12.8. The van der Waals surface area contributed by atoms with E-state index in [0.29, 0.717) is 41.7 Å². The van der Waals surface area contributed by atoms with Gasteiger partial charge in [0.2, 0.25) is 11.8 Å². The second kappa shape index (κ2) is 19.4. The molecule has 3 amide bonds. The van der Waals surface area contributed by atoms with Crippen molar-refractivity contribution in [2.24, 2.45) is 0 Å². The fraction of sp³-hybridized carbons (Fsp3) is 0.444. The Morgan fingerprint density at radius 2 is 1.70 bits per heavy atom. The van der Waals surface area contributed by atoms with Crippen LogP contribution in [0.3, 0.4) is 0 Å². The number of hydrogen-bond acceptors (Lipinski definition) is 7. The van der Waals surface area contributed by atoms with Crippen LogP contribution in [-0.2, 0) is 9.59 Å². The summed E-state index contributed by atoms with van der Waals surface area (Å²) in [6, 6.07) is 6.76. The molecule has 0 aliphatic carbocycles. The van der Waals surface area contributed by atoms with E-state index in [1.807, 2.05) is 34.6 Å². The van der Waals surface area contributed by atoms with Gasteiger partial charge in [-0.3, -0.25) is 14.4 Å². The molecule has 10 nitrogen and oxygen atoms in total. The van der Waals surface area contributed by atoms with Crippen LogP contribution >= 0.6 is 0 Å². The number of anilines is 3. The molecule has 4 N–H and O–H groups in total. The Bertz CT molecular complexity index is 1010. The lowest BCUT2D eigenvalue weighted by atomic mass is 10.2. The fourth-order valence-corrected chi connectivity index (χ4v) is 2.79. The van der Waals surface area contributed by atoms with Crippen molar-refractivity contribution in [3.05, 3.63) is 54.0 Å². The van der Waals surface area contributed by atoms with Crippen LogP contribution in [0.4, 0.5) is 17.2 Å². The number of aryl methyl sites for hydroxylation is 1. The van der Waals surface area contributed by atoms with Crippen LogP contribution in [-0.4, -0.2) is 66.3 Å². The third kappa shape index (κ3) is 12.6. The van der Waals surface area contributed by atoms with E-state index in [4.69, 9.17) is 0 Å². The number of nitrogens with zero attached hydrogens (tertiary/aromatic N) is 3. The van der Waals surface area contributed by atoms with Crippen LogP contribution in [0.2, 0.25) is 0 Å². The number of aromatic nitrogens is 2. The molecule has 0 bridgehead atoms. The Kier molecular flexibility index (Phi) is 17.4. The quantitative estimate of drug-likeness (QED) is 0.333. The number of hydrogen-bond donors (Lipinski definition) is 4. The standard InChI is InChI=1S/C23H31N7O3.2C2H6/c1-5-11-25-22-19(14-26-16(2)27-22)23(33)29-18-9-6-8-17(13-18)28-20(31)15-30(4)21(32)10-7-12-24-3;2*1-2/h6-10,13-14,24H,5,11-12,15H2,1-4H3,(H,28,31)(H,29,33)(H,25,26,27);2*1-2H3/b10-7+;;. The van der Waals surface area contributed by atoms with E-state index < -0.39 is 0 Å². The van der Waals surface area contributed by atoms with Gasteiger partial charge in [0.05, 0.1) is 6.54 Å². The molecule has 0 fully saturated rings. The van der Waals surface area contributed by atoms with Crippen LogP contribution in [0, 0.1) is 6.92 Å². The number of carbonyl (C=O) groups excluding carboxylic acids is 3. The Hall–Kier alpha value is -3.79. The summed E-state index contributed by atoms with van der Waals surface area (Å²) < 4.78 is 0. The molecule has 2 rings (SSSR count). The highest BCUT2D eigenvalue weighted by Crippen LogP contribution is 2.18. The fourth-order valence-electron chi connectivity index (χ4n) is 2.79. The number of amides is 3. The topological polar surface area (TPSA) is 128 Å². The summed E-state index contributed by atoms with van der Waals surface area (Å²) in [5.74, 6) is 0.0536. The molecule has 10 heteroatoms. The van der Waals surface area contributed by atoms with Gasteiger partial charge in [0.1, 0.15) is 17.2 Å². The smallest absolute Gasteiger partial charge is 0.260 e. The first-order chi connectivity index (χ1) is 17.8. The lowest BCUT2D eigenvalue weighted by Gasteiger charge is -2.15. The molecule has 0 aliphatic heterocycles. The van der Waals surface area contributed by atoms with Gasteiger partial charge in [0.25, 0.3) is 5.91 Å². The third-order valence-electron chi connectivity index (χ3n) is 4.44. The van der Waals surface area contributed by atoms with Gasteiger partial charge in [0, 0.05) is 43.8 Å². The average molecular weight is 514 g/mol. The lowest BCUT2D eigenvalue weighted by Crippen LogP contribution is -2.34. The van der Waals surface area contributed by atoms with Gasteiger partial charge in [-0.1, -0.05) is 46.8 Å². The van der Waals surface area contributed by atoms with E-state index in [2.05, 4.69) is 31.2 Å². The number of nitrogens with one attached hydrogen (secondary N) is 4. The van der Waals surface area contributed by atoms with Crippen molar-refractivity contribution in [3.8, 4) is 0 Å². The number of carbonyl (C=O) groups is 3. The van der Waals surface area contributed by atoms with Gasteiger partial charge in [-0.15, -0.1) is 0 Å². The van der Waals surface area contributed by atoms with Crippen LogP contribution < -0.4 is 21.3 Å². The highest BCUT2D eigenvalue weighted by atomic mass is 16.2. The van der Waals surface area contributed by atoms with Crippen molar-refractivity contribution in [2.45, 2.75) is 48.0 Å². The van der Waals surface area contributed by atoms with Crippen LogP contribution in [0.1, 0.15) is 57.2 Å². The van der Waals surface area contributed by atoms with Crippen molar-refractivity contribution in [3.63, 3.8) is 0 Å². The second-order valence-electron chi connectivity index (χ2n) is 7.34. The van der Waals surface area contributed by atoms with E-state index in [0.717, 1.165) is 6.42 Å². The van der Waals surface area contributed by atoms with Crippen molar-refractivity contribution in [1.82, 2.24) is 20.2 Å². The third-order valence-corrected chi connectivity index (χ3v) is 4.44. The van der Waals surface area contributed by atoms with E-state index in [-0.39, 0.29) is 24.3 Å². The molecule has 1 heterocycles. The van der Waals surface area contributed by atoms with Gasteiger partial charge in [-0.2, -0.15) is 0 Å². The van der Waals surface area contributed by atoms with Crippen molar-refractivity contribution < 1.29 is 14.4 Å². The van der Waals surface area contributed by atoms with Gasteiger partial charge in [-0.25, -0.2) is 9.97 Å². The van der Waals surface area contributed by atoms with E-state index >= 15 is 0 Å². The summed E-state index contributed by atoms with van der Waals surface area (Å²) in [6.07, 6.45) is 5.47. The minimum Gasteiger partial charge on any atom is -0.369 e. The highest BCUT2D eigenvalue weighted by Gasteiger charge is 2.15. The largest absolute Gasteiger partial charge is 0.369 e. The van der Waals surface area contributed by atoms with Crippen molar-refractivity contribution in [2.75, 3.05) is 49.7 Å². The van der Waals surface area contributed by atoms with Crippen LogP contribution in [0.5, 0.6) is 0 Å². The maximum Gasteiger partial charge on any atom is 0.260 e. The summed E-state index contributed by atoms with van der Waals surface area (Å²) in [5.41, 5.74) is 1.32. The molecule has 0 aliphatic rings. The summed E-state index contributed by atoms with van der Waals surface area (Å²) in [6.45, 7) is 12.9. The normalized spacial score (nSPS) is 9.84. The first kappa shape index (κ1) is 33.2. The minimum absolute atomic E-state index is 0.105. The van der Waals surface area contributed by atoms with Gasteiger partial charge >= 0.3 is 0 Å². The molecule has 1 aromatic heterocycles. The molecule has 0 saturated heterocycles. The Balaban J connectivity index is 0.00000308. The summed E-state index contributed by atoms with van der Waals surface area (Å²) in [4.78, 5) is 46.9. The van der Waals surface area contributed by atoms with Crippen LogP contribution in [0.25, 0.3) is 0 Å². The minimum atomic E-state index is -0.365. The summed E-state index contributed by atoms with van der Waals surface area (Å²) >= 11 is 0. The van der Waals surface area contributed by atoms with Crippen LogP contribution in [0.15, 0.2) is 42.6 Å². The van der Waals surface area contributed by atoms with Gasteiger partial charge in [-0.05, 0) is 38.6 Å². The molecule has 37 heavy (non-hydrogen) atoms. The Morgan fingerprint density at radius 1 is 1.05 bits per heavy atom. The Morgan fingerprint density at radius 3 is 2.32 bits per heavy atom. The molecule has 204 valence electrons. The predicted molar refractivity (Wildman–Crippen MR) is 152 cm³/mol. The zero-order chi connectivity index (χ0) is 28.2. The number of benzene rings is 1. The zero-order valence-electron chi connectivity index (χ0n) is 23.4. The lowest BCUT2D eigenvalue weighted by molar-refractivity contribution is -0.129. The predicted octanol–water partition coefficient (Wildman–Crippen LogP) is 4.08. The molecule has 0 atom stereocenters. The maximum atomic E-state index is 12.8. The zero-order valence-corrected chi connectivity index (χ0v) is 23.4. The van der Waals surface area contributed by atoms with E-state index in [9.17, 15) is 14.4 Å². The molecule has 0 radical (unpaired) electrons. The van der Waals surface area contributed by atoms with Gasteiger partial charge in [0.15, 0.2) is 0 Å². The average Bonchev–Trinajstić information content (AvgIpc) is 2.90. The molecule has 0 unspecified atom stereocenters. The van der Waals surface area contributed by atoms with Crippen molar-refractivity contribution >= 4 is 34.9 Å². The molecule has 2 aromatic rings.